The lowest BCUT2D eigenvalue weighted by Crippen LogP contribution is -2.36. The lowest BCUT2D eigenvalue weighted by Gasteiger charge is -2.28. The van der Waals surface area contributed by atoms with Crippen molar-refractivity contribution < 1.29 is 9.13 Å². The van der Waals surface area contributed by atoms with Gasteiger partial charge in [-0.05, 0) is 30.3 Å². The molecule has 0 bridgehead atoms. The summed E-state index contributed by atoms with van der Waals surface area (Å²) in [6.07, 6.45) is 1.76. The second-order valence-corrected chi connectivity index (χ2v) is 7.19. The Morgan fingerprint density at radius 3 is 2.43 bits per heavy atom. The summed E-state index contributed by atoms with van der Waals surface area (Å²) in [5.41, 5.74) is 4.06. The monoisotopic (exact) mass is 400 g/mol. The Balaban J connectivity index is 1.44. The maximum Gasteiger partial charge on any atom is 0.227 e. The van der Waals surface area contributed by atoms with E-state index < -0.39 is 0 Å². The standard InChI is InChI=1S/C24H21FN4O/c25-22-7-2-1-5-20(22)21-6-3-4-17-16-26-24(28-23(17)21)27-18-8-10-19(11-9-18)29-12-14-30-15-13-29/h1-11,16H,12-15H2,(H,26,27,28). The first-order chi connectivity index (χ1) is 14.8. The number of ether oxygens (including phenoxy) is 1. The molecule has 0 radical (unpaired) electrons. The van der Waals surface area contributed by atoms with Crippen molar-refractivity contribution in [3.63, 3.8) is 0 Å². The zero-order chi connectivity index (χ0) is 20.3. The number of rotatable bonds is 4. The number of nitrogens with zero attached hydrogens (tertiary/aromatic N) is 3. The first-order valence-corrected chi connectivity index (χ1v) is 9.98. The van der Waals surface area contributed by atoms with E-state index in [2.05, 4.69) is 32.3 Å². The van der Waals surface area contributed by atoms with Crippen molar-refractivity contribution in [2.24, 2.45) is 0 Å². The summed E-state index contributed by atoms with van der Waals surface area (Å²) < 4.78 is 19.8. The number of hydrogen-bond acceptors (Lipinski definition) is 5. The number of aromatic nitrogens is 2. The fraction of sp³-hybridized carbons (Fsp3) is 0.167. The van der Waals surface area contributed by atoms with Gasteiger partial charge in [0.25, 0.3) is 0 Å². The topological polar surface area (TPSA) is 50.3 Å². The van der Waals surface area contributed by atoms with Gasteiger partial charge in [0.1, 0.15) is 5.82 Å². The molecule has 0 unspecified atom stereocenters. The first-order valence-electron chi connectivity index (χ1n) is 9.98. The SMILES string of the molecule is Fc1ccccc1-c1cccc2cnc(Nc3ccc(N4CCOCC4)cc3)nc12. The van der Waals surface area contributed by atoms with E-state index in [-0.39, 0.29) is 5.82 Å². The average Bonchev–Trinajstić information content (AvgIpc) is 2.80. The minimum Gasteiger partial charge on any atom is -0.378 e. The number of nitrogens with one attached hydrogen (secondary N) is 1. The van der Waals surface area contributed by atoms with E-state index in [0.29, 0.717) is 17.0 Å². The van der Waals surface area contributed by atoms with Gasteiger partial charge in [0.15, 0.2) is 0 Å². The van der Waals surface area contributed by atoms with E-state index in [1.165, 1.54) is 11.8 Å². The van der Waals surface area contributed by atoms with Gasteiger partial charge in [-0.15, -0.1) is 0 Å². The van der Waals surface area contributed by atoms with Gasteiger partial charge in [0.2, 0.25) is 5.95 Å². The highest BCUT2D eigenvalue weighted by molar-refractivity contribution is 5.94. The van der Waals surface area contributed by atoms with Gasteiger partial charge < -0.3 is 15.0 Å². The summed E-state index contributed by atoms with van der Waals surface area (Å²) >= 11 is 0. The van der Waals surface area contributed by atoms with Gasteiger partial charge in [0, 0.05) is 47.2 Å². The Morgan fingerprint density at radius 2 is 1.63 bits per heavy atom. The average molecular weight is 400 g/mol. The molecular weight excluding hydrogens is 379 g/mol. The zero-order valence-electron chi connectivity index (χ0n) is 16.4. The fourth-order valence-corrected chi connectivity index (χ4v) is 3.72. The molecule has 1 aliphatic heterocycles. The van der Waals surface area contributed by atoms with Crippen molar-refractivity contribution in [2.75, 3.05) is 36.5 Å². The molecule has 4 aromatic rings. The van der Waals surface area contributed by atoms with E-state index in [9.17, 15) is 4.39 Å². The van der Waals surface area contributed by atoms with Gasteiger partial charge in [-0.3, -0.25) is 0 Å². The summed E-state index contributed by atoms with van der Waals surface area (Å²) in [4.78, 5) is 11.4. The van der Waals surface area contributed by atoms with Crippen LogP contribution in [0.3, 0.4) is 0 Å². The van der Waals surface area contributed by atoms with Gasteiger partial charge in [-0.1, -0.05) is 36.4 Å². The molecule has 0 spiro atoms. The number of morpholine rings is 1. The van der Waals surface area contributed by atoms with Crippen LogP contribution < -0.4 is 10.2 Å². The van der Waals surface area contributed by atoms with E-state index in [1.54, 1.807) is 18.3 Å². The van der Waals surface area contributed by atoms with Crippen LogP contribution in [0.25, 0.3) is 22.0 Å². The molecule has 0 atom stereocenters. The molecule has 0 saturated carbocycles. The van der Waals surface area contributed by atoms with E-state index in [0.717, 1.165) is 42.9 Å². The quantitative estimate of drug-likeness (QED) is 0.522. The Kier molecular flexibility index (Phi) is 4.99. The molecule has 3 aromatic carbocycles. The second kappa shape index (κ2) is 8.08. The zero-order valence-corrected chi connectivity index (χ0v) is 16.4. The highest BCUT2D eigenvalue weighted by Gasteiger charge is 2.12. The summed E-state index contributed by atoms with van der Waals surface area (Å²) in [5, 5.41) is 4.13. The third kappa shape index (κ3) is 3.69. The van der Waals surface area contributed by atoms with E-state index in [4.69, 9.17) is 4.74 Å². The van der Waals surface area contributed by atoms with Gasteiger partial charge in [-0.25, -0.2) is 14.4 Å². The molecule has 150 valence electrons. The molecule has 1 aromatic heterocycles. The molecule has 5 nitrogen and oxygen atoms in total. The highest BCUT2D eigenvalue weighted by atomic mass is 19.1. The number of benzene rings is 3. The smallest absolute Gasteiger partial charge is 0.227 e. The minimum absolute atomic E-state index is 0.267. The lowest BCUT2D eigenvalue weighted by atomic mass is 10.0. The van der Waals surface area contributed by atoms with Crippen LogP contribution in [0.4, 0.5) is 21.7 Å². The van der Waals surface area contributed by atoms with Crippen molar-refractivity contribution in [3.05, 3.63) is 78.7 Å². The Hall–Kier alpha value is -3.51. The molecule has 1 N–H and O–H groups in total. The van der Waals surface area contributed by atoms with Crippen molar-refractivity contribution in [1.29, 1.82) is 0 Å². The van der Waals surface area contributed by atoms with Crippen LogP contribution in [0.1, 0.15) is 0 Å². The molecule has 1 saturated heterocycles. The maximum atomic E-state index is 14.4. The van der Waals surface area contributed by atoms with Crippen LogP contribution in [0, 0.1) is 5.82 Å². The van der Waals surface area contributed by atoms with Crippen LogP contribution in [0.15, 0.2) is 72.9 Å². The predicted molar refractivity (Wildman–Crippen MR) is 118 cm³/mol. The number of halogens is 1. The summed E-state index contributed by atoms with van der Waals surface area (Å²) in [5.74, 6) is 0.210. The van der Waals surface area contributed by atoms with Crippen molar-refractivity contribution in [2.45, 2.75) is 0 Å². The lowest BCUT2D eigenvalue weighted by molar-refractivity contribution is 0.122. The molecule has 30 heavy (non-hydrogen) atoms. The normalized spacial score (nSPS) is 14.1. The molecule has 1 fully saturated rings. The molecular formula is C24H21FN4O. The molecule has 5 rings (SSSR count). The van der Waals surface area contributed by atoms with E-state index in [1.807, 2.05) is 36.4 Å². The van der Waals surface area contributed by atoms with Crippen LogP contribution in [-0.2, 0) is 4.74 Å². The van der Waals surface area contributed by atoms with Crippen LogP contribution in [-0.4, -0.2) is 36.3 Å². The van der Waals surface area contributed by atoms with Crippen LogP contribution in [0.5, 0.6) is 0 Å². The fourth-order valence-electron chi connectivity index (χ4n) is 3.72. The summed E-state index contributed by atoms with van der Waals surface area (Å²) in [6, 6.07) is 20.6. The summed E-state index contributed by atoms with van der Waals surface area (Å²) in [6.45, 7) is 3.32. The van der Waals surface area contributed by atoms with Crippen LogP contribution in [0.2, 0.25) is 0 Å². The third-order valence-corrected chi connectivity index (χ3v) is 5.27. The second-order valence-electron chi connectivity index (χ2n) is 7.19. The summed E-state index contributed by atoms with van der Waals surface area (Å²) in [7, 11) is 0. The molecule has 0 amide bonds. The number of hydrogen-bond donors (Lipinski definition) is 1. The molecule has 0 aliphatic carbocycles. The Morgan fingerprint density at radius 1 is 0.867 bits per heavy atom. The van der Waals surface area contributed by atoms with Gasteiger partial charge >= 0.3 is 0 Å². The minimum atomic E-state index is -0.267. The van der Waals surface area contributed by atoms with Crippen LogP contribution >= 0.6 is 0 Å². The van der Waals surface area contributed by atoms with Crippen molar-refractivity contribution in [1.82, 2.24) is 9.97 Å². The number of anilines is 3. The molecule has 1 aliphatic rings. The Labute approximate surface area is 174 Å². The van der Waals surface area contributed by atoms with E-state index >= 15 is 0 Å². The van der Waals surface area contributed by atoms with Gasteiger partial charge in [0.05, 0.1) is 18.7 Å². The van der Waals surface area contributed by atoms with Gasteiger partial charge in [-0.2, -0.15) is 0 Å². The predicted octanol–water partition coefficient (Wildman–Crippen LogP) is 5.02. The number of para-hydroxylation sites is 1. The maximum absolute atomic E-state index is 14.4. The first kappa shape index (κ1) is 18.5. The third-order valence-electron chi connectivity index (χ3n) is 5.27. The molecule has 2 heterocycles. The number of fused-ring (bicyclic) bond motifs is 1. The highest BCUT2D eigenvalue weighted by Crippen LogP contribution is 2.30. The molecule has 6 heteroatoms. The largest absolute Gasteiger partial charge is 0.378 e. The Bertz CT molecular complexity index is 1170. The van der Waals surface area contributed by atoms with Crippen molar-refractivity contribution >= 4 is 28.2 Å². The van der Waals surface area contributed by atoms with Crippen molar-refractivity contribution in [3.8, 4) is 11.1 Å².